The van der Waals surface area contributed by atoms with E-state index in [0.29, 0.717) is 5.56 Å². The molecule has 0 aliphatic rings. The Morgan fingerprint density at radius 1 is 1.53 bits per heavy atom. The van der Waals surface area contributed by atoms with E-state index in [0.717, 1.165) is 23.3 Å². The van der Waals surface area contributed by atoms with Crippen molar-refractivity contribution in [1.29, 1.82) is 5.26 Å². The van der Waals surface area contributed by atoms with Gasteiger partial charge in [0.2, 0.25) is 0 Å². The Morgan fingerprint density at radius 3 is 2.94 bits per heavy atom. The van der Waals surface area contributed by atoms with Gasteiger partial charge in [-0.2, -0.15) is 5.26 Å². The van der Waals surface area contributed by atoms with Crippen molar-refractivity contribution in [3.63, 3.8) is 0 Å². The number of nitriles is 1. The molecule has 3 heteroatoms. The average molecular weight is 245 g/mol. The minimum Gasteiger partial charge on any atom is -0.288 e. The van der Waals surface area contributed by atoms with Crippen LogP contribution < -0.4 is 0 Å². The maximum atomic E-state index is 10.7. The van der Waals surface area contributed by atoms with Gasteiger partial charge in [-0.3, -0.25) is 4.79 Å². The molecule has 0 bridgehead atoms. The summed E-state index contributed by atoms with van der Waals surface area (Å²) in [7, 11) is 0. The first-order valence-corrected chi connectivity index (χ1v) is 6.43. The molecule has 0 N–H and O–H groups in total. The number of carbonyl (C=O) groups excluding carboxylic acids is 1. The molecule has 0 heterocycles. The lowest BCUT2D eigenvalue weighted by Crippen LogP contribution is -1.87. The standard InChI is InChI=1S/C14H15NOS/c1-11-6-5-7-13(10-15)14(11)8-3-4-9-17-12(2)16/h3,5-8H,4,9H2,1-2H3. The topological polar surface area (TPSA) is 40.9 Å². The molecule has 1 aromatic rings. The van der Waals surface area contributed by atoms with Crippen LogP contribution in [0.3, 0.4) is 0 Å². The summed E-state index contributed by atoms with van der Waals surface area (Å²) in [5, 5.41) is 9.13. The Labute approximate surface area is 106 Å². The summed E-state index contributed by atoms with van der Waals surface area (Å²) in [4.78, 5) is 10.7. The molecule has 0 aliphatic heterocycles. The Bertz CT molecular complexity index is 472. The van der Waals surface area contributed by atoms with Crippen LogP contribution in [0.25, 0.3) is 6.08 Å². The SMILES string of the molecule is CC(=O)SCCC=Cc1c(C)cccc1C#N. The summed E-state index contributed by atoms with van der Waals surface area (Å²) in [5.74, 6) is 0.791. The van der Waals surface area contributed by atoms with E-state index in [9.17, 15) is 4.79 Å². The van der Waals surface area contributed by atoms with E-state index in [2.05, 4.69) is 6.07 Å². The lowest BCUT2D eigenvalue weighted by Gasteiger charge is -2.02. The van der Waals surface area contributed by atoms with E-state index in [1.807, 2.05) is 37.3 Å². The van der Waals surface area contributed by atoms with Gasteiger partial charge in [0.05, 0.1) is 11.6 Å². The molecule has 1 rings (SSSR count). The lowest BCUT2D eigenvalue weighted by molar-refractivity contribution is -0.109. The fourth-order valence-corrected chi connectivity index (χ4v) is 2.01. The Kier molecular flexibility index (Phi) is 5.51. The fourth-order valence-electron chi connectivity index (χ4n) is 1.47. The van der Waals surface area contributed by atoms with E-state index in [4.69, 9.17) is 5.26 Å². The first-order valence-electron chi connectivity index (χ1n) is 5.44. The highest BCUT2D eigenvalue weighted by Gasteiger charge is 2.00. The van der Waals surface area contributed by atoms with Crippen LogP contribution in [0.5, 0.6) is 0 Å². The quantitative estimate of drug-likeness (QED) is 0.762. The third kappa shape index (κ3) is 4.46. The van der Waals surface area contributed by atoms with E-state index in [1.165, 1.54) is 11.8 Å². The number of hydrogen-bond acceptors (Lipinski definition) is 3. The van der Waals surface area contributed by atoms with Gasteiger partial charge in [0.25, 0.3) is 0 Å². The Balaban J connectivity index is 2.65. The molecular weight excluding hydrogens is 230 g/mol. The summed E-state index contributed by atoms with van der Waals surface area (Å²) >= 11 is 1.33. The zero-order valence-electron chi connectivity index (χ0n) is 10.1. The minimum atomic E-state index is 0.145. The van der Waals surface area contributed by atoms with Crippen LogP contribution in [0.1, 0.15) is 30.0 Å². The van der Waals surface area contributed by atoms with Gasteiger partial charge in [-0.15, -0.1) is 0 Å². The molecule has 0 atom stereocenters. The molecule has 0 saturated carbocycles. The van der Waals surface area contributed by atoms with Crippen molar-refractivity contribution >= 4 is 23.0 Å². The Hall–Kier alpha value is -1.53. The highest BCUT2D eigenvalue weighted by Crippen LogP contribution is 2.16. The first-order chi connectivity index (χ1) is 8.15. The molecule has 0 aliphatic carbocycles. The van der Waals surface area contributed by atoms with Crippen molar-refractivity contribution in [3.8, 4) is 6.07 Å². The third-order valence-corrected chi connectivity index (χ3v) is 3.17. The number of rotatable bonds is 4. The van der Waals surface area contributed by atoms with Gasteiger partial charge in [-0.25, -0.2) is 0 Å². The van der Waals surface area contributed by atoms with Crippen molar-refractivity contribution in [2.45, 2.75) is 20.3 Å². The molecule has 0 aromatic heterocycles. The fraction of sp³-hybridized carbons (Fsp3) is 0.286. The van der Waals surface area contributed by atoms with Crippen LogP contribution in [0, 0.1) is 18.3 Å². The van der Waals surface area contributed by atoms with Gasteiger partial charge in [0.1, 0.15) is 0 Å². The van der Waals surface area contributed by atoms with E-state index in [-0.39, 0.29) is 5.12 Å². The van der Waals surface area contributed by atoms with Crippen LogP contribution in [0.4, 0.5) is 0 Å². The summed E-state index contributed by atoms with van der Waals surface area (Å²) in [6.07, 6.45) is 4.82. The molecule has 1 aromatic carbocycles. The number of allylic oxidation sites excluding steroid dienone is 1. The maximum absolute atomic E-state index is 10.7. The maximum Gasteiger partial charge on any atom is 0.185 e. The predicted octanol–water partition coefficient (Wildman–Crippen LogP) is 3.55. The zero-order valence-corrected chi connectivity index (χ0v) is 10.9. The first kappa shape index (κ1) is 13.5. The largest absolute Gasteiger partial charge is 0.288 e. The van der Waals surface area contributed by atoms with Crippen molar-refractivity contribution in [1.82, 2.24) is 0 Å². The molecule has 17 heavy (non-hydrogen) atoms. The van der Waals surface area contributed by atoms with Crippen molar-refractivity contribution in [2.24, 2.45) is 0 Å². The van der Waals surface area contributed by atoms with Crippen molar-refractivity contribution in [2.75, 3.05) is 5.75 Å². The summed E-state index contributed by atoms with van der Waals surface area (Å²) in [6.45, 7) is 3.56. The smallest absolute Gasteiger partial charge is 0.185 e. The monoisotopic (exact) mass is 245 g/mol. The average Bonchev–Trinajstić information content (AvgIpc) is 2.30. The molecule has 0 amide bonds. The highest BCUT2D eigenvalue weighted by atomic mass is 32.2. The molecule has 0 fully saturated rings. The summed E-state index contributed by atoms with van der Waals surface area (Å²) < 4.78 is 0. The van der Waals surface area contributed by atoms with Gasteiger partial charge >= 0.3 is 0 Å². The normalized spacial score (nSPS) is 10.4. The van der Waals surface area contributed by atoms with Crippen molar-refractivity contribution < 1.29 is 4.79 Å². The molecular formula is C14H15NOS. The van der Waals surface area contributed by atoms with Crippen molar-refractivity contribution in [3.05, 3.63) is 41.0 Å². The number of hydrogen-bond donors (Lipinski definition) is 0. The van der Waals surface area contributed by atoms with Gasteiger partial charge in [0.15, 0.2) is 5.12 Å². The predicted molar refractivity (Wildman–Crippen MR) is 72.7 cm³/mol. The van der Waals surface area contributed by atoms with E-state index in [1.54, 1.807) is 6.92 Å². The van der Waals surface area contributed by atoms with Gasteiger partial charge in [-0.05, 0) is 30.5 Å². The second-order valence-electron chi connectivity index (χ2n) is 3.68. The summed E-state index contributed by atoms with van der Waals surface area (Å²) in [5.41, 5.74) is 2.77. The lowest BCUT2D eigenvalue weighted by atomic mass is 10.0. The van der Waals surface area contributed by atoms with Gasteiger partial charge < -0.3 is 0 Å². The second kappa shape index (κ2) is 6.93. The molecule has 88 valence electrons. The molecule has 0 unspecified atom stereocenters. The van der Waals surface area contributed by atoms with Gasteiger partial charge in [0, 0.05) is 12.7 Å². The summed E-state index contributed by atoms with van der Waals surface area (Å²) in [6, 6.07) is 7.88. The van der Waals surface area contributed by atoms with E-state index < -0.39 is 0 Å². The molecule has 0 spiro atoms. The molecule has 2 nitrogen and oxygen atoms in total. The van der Waals surface area contributed by atoms with Crippen LogP contribution in [0.2, 0.25) is 0 Å². The third-order valence-electron chi connectivity index (χ3n) is 2.32. The number of thioether (sulfide) groups is 1. The number of aryl methyl sites for hydroxylation is 1. The minimum absolute atomic E-state index is 0.145. The molecule has 0 saturated heterocycles. The van der Waals surface area contributed by atoms with E-state index >= 15 is 0 Å². The van der Waals surface area contributed by atoms with Gasteiger partial charge in [-0.1, -0.05) is 36.0 Å². The van der Waals surface area contributed by atoms with Crippen LogP contribution in [-0.4, -0.2) is 10.9 Å². The number of carbonyl (C=O) groups is 1. The zero-order chi connectivity index (χ0) is 12.7. The highest BCUT2D eigenvalue weighted by molar-refractivity contribution is 8.13. The number of nitrogens with zero attached hydrogens (tertiary/aromatic N) is 1. The Morgan fingerprint density at radius 2 is 2.29 bits per heavy atom. The van der Waals surface area contributed by atoms with Crippen LogP contribution in [0.15, 0.2) is 24.3 Å². The molecule has 0 radical (unpaired) electrons. The van der Waals surface area contributed by atoms with Crippen LogP contribution >= 0.6 is 11.8 Å². The second-order valence-corrected chi connectivity index (χ2v) is 4.95. The van der Waals surface area contributed by atoms with Crippen LogP contribution in [-0.2, 0) is 4.79 Å². The number of benzene rings is 1.